The number of carbonyl (C=O) groups excluding carboxylic acids is 2. The van der Waals surface area contributed by atoms with Crippen molar-refractivity contribution in [3.8, 4) is 0 Å². The Hall–Kier alpha value is -4.54. The van der Waals surface area contributed by atoms with E-state index in [-0.39, 0.29) is 54.0 Å². The molecule has 11 heteroatoms. The van der Waals surface area contributed by atoms with Crippen LogP contribution in [0.1, 0.15) is 39.9 Å². The average Bonchev–Trinajstić information content (AvgIpc) is 3.51. The minimum Gasteiger partial charge on any atom is -0.464 e. The van der Waals surface area contributed by atoms with Gasteiger partial charge in [0.1, 0.15) is 12.1 Å². The van der Waals surface area contributed by atoms with Gasteiger partial charge in [-0.3, -0.25) is 24.5 Å². The van der Waals surface area contributed by atoms with Crippen LogP contribution in [0.15, 0.2) is 82.2 Å². The van der Waals surface area contributed by atoms with Crippen molar-refractivity contribution in [1.29, 1.82) is 0 Å². The summed E-state index contributed by atoms with van der Waals surface area (Å²) in [7, 11) is 0. The number of nitrogens with zero attached hydrogens (tertiary/aromatic N) is 3. The van der Waals surface area contributed by atoms with Crippen LogP contribution in [-0.2, 0) is 22.6 Å². The lowest BCUT2D eigenvalue weighted by molar-refractivity contribution is -0.384. The number of rotatable bonds is 10. The Morgan fingerprint density at radius 2 is 1.84 bits per heavy atom. The number of fused-ring (bicyclic) bond motifs is 1. The molecule has 43 heavy (non-hydrogen) atoms. The number of hydrogen-bond donors (Lipinski definition) is 0. The van der Waals surface area contributed by atoms with Gasteiger partial charge in [0.25, 0.3) is 11.6 Å². The first-order valence-corrected chi connectivity index (χ1v) is 14.2. The minimum atomic E-state index is -0.597. The molecule has 2 amide bonds. The summed E-state index contributed by atoms with van der Waals surface area (Å²) in [5.41, 5.74) is 2.06. The average molecular weight is 604 g/mol. The Morgan fingerprint density at radius 1 is 1.05 bits per heavy atom. The maximum Gasteiger partial charge on any atom is 0.270 e. The fraction of sp³-hybridized carbons (Fsp3) is 0.281. The maximum atomic E-state index is 14.0. The van der Waals surface area contributed by atoms with Crippen LogP contribution in [0.25, 0.3) is 11.0 Å². The largest absolute Gasteiger partial charge is 0.464 e. The van der Waals surface area contributed by atoms with Gasteiger partial charge in [0.2, 0.25) is 5.91 Å². The van der Waals surface area contributed by atoms with Crippen LogP contribution in [0.2, 0.25) is 5.02 Å². The van der Waals surface area contributed by atoms with Gasteiger partial charge in [-0.05, 0) is 43.5 Å². The number of amides is 2. The predicted octanol–water partition coefficient (Wildman–Crippen LogP) is 5.51. The molecule has 0 bridgehead atoms. The topological polar surface area (TPSA) is 123 Å². The minimum absolute atomic E-state index is 0.0400. The molecule has 1 saturated heterocycles. The second kappa shape index (κ2) is 13.2. The second-order valence-electron chi connectivity index (χ2n) is 10.6. The van der Waals surface area contributed by atoms with Crippen LogP contribution in [0.5, 0.6) is 0 Å². The third-order valence-corrected chi connectivity index (χ3v) is 7.70. The zero-order valence-electron chi connectivity index (χ0n) is 23.5. The molecule has 0 spiro atoms. The summed E-state index contributed by atoms with van der Waals surface area (Å²) in [5.74, 6) is -0.957. The number of halogens is 1. The van der Waals surface area contributed by atoms with E-state index in [2.05, 4.69) is 0 Å². The first kappa shape index (κ1) is 29.9. The number of carbonyl (C=O) groups is 2. The van der Waals surface area contributed by atoms with Gasteiger partial charge in [0.05, 0.1) is 45.4 Å². The number of aryl methyl sites for hydroxylation is 1. The molecule has 4 aromatic rings. The second-order valence-corrected chi connectivity index (χ2v) is 11.0. The van der Waals surface area contributed by atoms with Gasteiger partial charge >= 0.3 is 0 Å². The number of ether oxygens (including phenoxy) is 1. The molecule has 0 saturated carbocycles. The Labute approximate surface area is 252 Å². The molecule has 5 rings (SSSR count). The first-order chi connectivity index (χ1) is 20.7. The summed E-state index contributed by atoms with van der Waals surface area (Å²) in [5, 5.41) is 11.5. The van der Waals surface area contributed by atoms with Gasteiger partial charge in [0.15, 0.2) is 5.43 Å². The molecule has 0 N–H and O–H groups in total. The zero-order valence-corrected chi connectivity index (χ0v) is 24.3. The van der Waals surface area contributed by atoms with E-state index in [0.717, 1.165) is 30.0 Å². The number of non-ortho nitro benzene ring substituents is 1. The molecule has 2 heterocycles. The highest BCUT2D eigenvalue weighted by Gasteiger charge is 2.29. The fourth-order valence-electron chi connectivity index (χ4n) is 5.11. The SMILES string of the molecule is Cc1ccc2occ(CN(Cc3ccccc3)C(=O)CN(CC3CCCO3)C(=O)c3ccc([N+](=O)[O-])cc3Cl)c(=O)c2c1. The van der Waals surface area contributed by atoms with Crippen LogP contribution < -0.4 is 5.43 Å². The van der Waals surface area contributed by atoms with Crippen molar-refractivity contribution in [3.63, 3.8) is 0 Å². The molecular weight excluding hydrogens is 574 g/mol. The standard InChI is InChI=1S/C32H30ClN3O7/c1-21-9-12-29-27(14-21)31(38)23(20-43-29)17-34(16-22-6-3-2-4-7-22)30(37)19-35(18-25-8-5-13-42-25)32(39)26-11-10-24(36(40)41)15-28(26)33/h2-4,6-7,9-12,14-15,20,25H,5,8,13,16-19H2,1H3. The van der Waals surface area contributed by atoms with E-state index in [1.807, 2.05) is 43.3 Å². The summed E-state index contributed by atoms with van der Waals surface area (Å²) < 4.78 is 11.5. The summed E-state index contributed by atoms with van der Waals surface area (Å²) in [6.07, 6.45) is 2.65. The van der Waals surface area contributed by atoms with E-state index in [1.54, 1.807) is 12.1 Å². The predicted molar refractivity (Wildman–Crippen MR) is 161 cm³/mol. The van der Waals surface area contributed by atoms with E-state index in [4.69, 9.17) is 20.8 Å². The van der Waals surface area contributed by atoms with Crippen LogP contribution in [0.3, 0.4) is 0 Å². The molecule has 1 aromatic heterocycles. The van der Waals surface area contributed by atoms with Crippen molar-refractivity contribution in [2.75, 3.05) is 19.7 Å². The van der Waals surface area contributed by atoms with Crippen molar-refractivity contribution in [2.24, 2.45) is 0 Å². The maximum absolute atomic E-state index is 14.0. The Balaban J connectivity index is 1.45. The van der Waals surface area contributed by atoms with Crippen LogP contribution >= 0.6 is 11.6 Å². The molecule has 1 fully saturated rings. The molecule has 1 atom stereocenters. The summed E-state index contributed by atoms with van der Waals surface area (Å²) >= 11 is 6.30. The zero-order chi connectivity index (χ0) is 30.5. The van der Waals surface area contributed by atoms with E-state index in [1.165, 1.54) is 28.2 Å². The lowest BCUT2D eigenvalue weighted by Crippen LogP contribution is -2.45. The number of nitro benzene ring substituents is 1. The lowest BCUT2D eigenvalue weighted by atomic mass is 10.1. The van der Waals surface area contributed by atoms with E-state index in [0.29, 0.717) is 23.1 Å². The molecule has 222 valence electrons. The van der Waals surface area contributed by atoms with Crippen molar-refractivity contribution in [3.05, 3.63) is 121 Å². The lowest BCUT2D eigenvalue weighted by Gasteiger charge is -2.29. The van der Waals surface area contributed by atoms with Crippen LogP contribution in [0.4, 0.5) is 5.69 Å². The summed E-state index contributed by atoms with van der Waals surface area (Å²) in [6, 6.07) is 18.3. The van der Waals surface area contributed by atoms with Crippen molar-refractivity contribution < 1.29 is 23.7 Å². The van der Waals surface area contributed by atoms with Crippen molar-refractivity contribution in [1.82, 2.24) is 9.80 Å². The van der Waals surface area contributed by atoms with Gasteiger partial charge in [0, 0.05) is 31.8 Å². The molecule has 1 aliphatic rings. The molecular formula is C32H30ClN3O7. The highest BCUT2D eigenvalue weighted by Crippen LogP contribution is 2.25. The van der Waals surface area contributed by atoms with Crippen molar-refractivity contribution >= 4 is 40.1 Å². The van der Waals surface area contributed by atoms with E-state index < -0.39 is 16.7 Å². The summed E-state index contributed by atoms with van der Waals surface area (Å²) in [4.78, 5) is 54.6. The molecule has 0 aliphatic carbocycles. The van der Waals surface area contributed by atoms with Crippen molar-refractivity contribution in [2.45, 2.75) is 39.0 Å². The van der Waals surface area contributed by atoms with Crippen LogP contribution in [-0.4, -0.2) is 52.3 Å². The smallest absolute Gasteiger partial charge is 0.270 e. The third-order valence-electron chi connectivity index (χ3n) is 7.38. The van der Waals surface area contributed by atoms with E-state index in [9.17, 15) is 24.5 Å². The normalized spacial score (nSPS) is 14.5. The highest BCUT2D eigenvalue weighted by atomic mass is 35.5. The van der Waals surface area contributed by atoms with Crippen LogP contribution in [0, 0.1) is 17.0 Å². The number of hydrogen-bond acceptors (Lipinski definition) is 7. The van der Waals surface area contributed by atoms with Gasteiger partial charge in [-0.25, -0.2) is 0 Å². The van der Waals surface area contributed by atoms with E-state index >= 15 is 0 Å². The van der Waals surface area contributed by atoms with Gasteiger partial charge in [-0.15, -0.1) is 0 Å². The highest BCUT2D eigenvalue weighted by molar-refractivity contribution is 6.34. The monoisotopic (exact) mass is 603 g/mol. The molecule has 1 aliphatic heterocycles. The van der Waals surface area contributed by atoms with Gasteiger partial charge < -0.3 is 19.0 Å². The van der Waals surface area contributed by atoms with Gasteiger partial charge in [-0.2, -0.15) is 0 Å². The molecule has 3 aromatic carbocycles. The Kier molecular flexibility index (Phi) is 9.18. The first-order valence-electron chi connectivity index (χ1n) is 13.9. The van der Waals surface area contributed by atoms with Gasteiger partial charge in [-0.1, -0.05) is 53.6 Å². The molecule has 1 unspecified atom stereocenters. The third kappa shape index (κ3) is 7.10. The molecule has 0 radical (unpaired) electrons. The number of nitro groups is 1. The number of benzene rings is 3. The summed E-state index contributed by atoms with van der Waals surface area (Å²) in [6.45, 7) is 2.39. The Morgan fingerprint density at radius 3 is 2.53 bits per heavy atom. The quantitative estimate of drug-likeness (QED) is 0.173. The molecule has 10 nitrogen and oxygen atoms in total. The Bertz CT molecular complexity index is 1720. The fourth-order valence-corrected chi connectivity index (χ4v) is 5.37.